The quantitative estimate of drug-likeness (QED) is 0.685. The Balaban J connectivity index is 2.43. The van der Waals surface area contributed by atoms with Crippen LogP contribution in [0.4, 0.5) is 0 Å². The molecule has 0 spiro atoms. The molecule has 0 bridgehead atoms. The van der Waals surface area contributed by atoms with Gasteiger partial charge in [-0.25, -0.2) is 0 Å². The standard InChI is InChI=1S/C14H20N2O3/c1-10(14(18)19)7-9-16-13(17)12-4-2-11(3-5-12)6-8-15/h2-5,10H,6-9,15H2,1H3,(H,16,17)(H,18,19). The van der Waals surface area contributed by atoms with Gasteiger partial charge in [-0.15, -0.1) is 0 Å². The fraction of sp³-hybridized carbons (Fsp3) is 0.429. The minimum Gasteiger partial charge on any atom is -0.481 e. The molecule has 0 saturated carbocycles. The minimum absolute atomic E-state index is 0.183. The van der Waals surface area contributed by atoms with Crippen molar-refractivity contribution in [2.24, 2.45) is 11.7 Å². The summed E-state index contributed by atoms with van der Waals surface area (Å²) in [5, 5.41) is 11.4. The van der Waals surface area contributed by atoms with Crippen LogP contribution in [0.25, 0.3) is 0 Å². The summed E-state index contributed by atoms with van der Waals surface area (Å²) < 4.78 is 0. The summed E-state index contributed by atoms with van der Waals surface area (Å²) in [6.45, 7) is 2.56. The summed E-state index contributed by atoms with van der Waals surface area (Å²) in [5.74, 6) is -1.48. The van der Waals surface area contributed by atoms with Crippen molar-refractivity contribution in [2.75, 3.05) is 13.1 Å². The van der Waals surface area contributed by atoms with Gasteiger partial charge in [0.15, 0.2) is 0 Å². The fourth-order valence-electron chi connectivity index (χ4n) is 1.62. The molecule has 0 aliphatic heterocycles. The molecule has 1 rings (SSSR count). The van der Waals surface area contributed by atoms with Gasteiger partial charge in [-0.05, 0) is 37.1 Å². The van der Waals surface area contributed by atoms with Crippen LogP contribution in [-0.4, -0.2) is 30.1 Å². The number of carbonyl (C=O) groups is 2. The number of rotatable bonds is 7. The zero-order valence-corrected chi connectivity index (χ0v) is 11.1. The molecule has 5 nitrogen and oxygen atoms in total. The lowest BCUT2D eigenvalue weighted by atomic mass is 10.1. The summed E-state index contributed by atoms with van der Waals surface area (Å²) >= 11 is 0. The summed E-state index contributed by atoms with van der Waals surface area (Å²) in [4.78, 5) is 22.4. The Labute approximate surface area is 112 Å². The van der Waals surface area contributed by atoms with E-state index < -0.39 is 11.9 Å². The van der Waals surface area contributed by atoms with Gasteiger partial charge in [-0.3, -0.25) is 9.59 Å². The number of benzene rings is 1. The zero-order chi connectivity index (χ0) is 14.3. The molecule has 104 valence electrons. The Hall–Kier alpha value is -1.88. The number of aliphatic carboxylic acids is 1. The van der Waals surface area contributed by atoms with E-state index in [2.05, 4.69) is 5.32 Å². The molecule has 1 atom stereocenters. The first kappa shape index (κ1) is 15.2. The van der Waals surface area contributed by atoms with E-state index in [9.17, 15) is 9.59 Å². The van der Waals surface area contributed by atoms with Crippen molar-refractivity contribution < 1.29 is 14.7 Å². The Morgan fingerprint density at radius 1 is 1.32 bits per heavy atom. The number of hydrogen-bond acceptors (Lipinski definition) is 3. The van der Waals surface area contributed by atoms with Crippen molar-refractivity contribution in [1.29, 1.82) is 0 Å². The number of hydrogen-bond donors (Lipinski definition) is 3. The molecule has 19 heavy (non-hydrogen) atoms. The average molecular weight is 264 g/mol. The average Bonchev–Trinajstić information content (AvgIpc) is 2.39. The smallest absolute Gasteiger partial charge is 0.306 e. The Morgan fingerprint density at radius 3 is 2.47 bits per heavy atom. The molecule has 0 saturated heterocycles. The molecule has 0 aliphatic rings. The van der Waals surface area contributed by atoms with Crippen LogP contribution in [0.3, 0.4) is 0 Å². The Morgan fingerprint density at radius 2 is 1.95 bits per heavy atom. The molecule has 4 N–H and O–H groups in total. The predicted molar refractivity (Wildman–Crippen MR) is 73.0 cm³/mol. The van der Waals surface area contributed by atoms with E-state index in [-0.39, 0.29) is 5.91 Å². The maximum atomic E-state index is 11.8. The SMILES string of the molecule is CC(CCNC(=O)c1ccc(CCN)cc1)C(=O)O. The lowest BCUT2D eigenvalue weighted by Crippen LogP contribution is -2.27. The summed E-state index contributed by atoms with van der Waals surface area (Å²) in [5.41, 5.74) is 7.12. The first-order valence-electron chi connectivity index (χ1n) is 6.34. The third-order valence-corrected chi connectivity index (χ3v) is 2.93. The van der Waals surface area contributed by atoms with Crippen molar-refractivity contribution >= 4 is 11.9 Å². The number of amides is 1. The lowest BCUT2D eigenvalue weighted by Gasteiger charge is -2.08. The molecular weight excluding hydrogens is 244 g/mol. The first-order valence-corrected chi connectivity index (χ1v) is 6.34. The van der Waals surface area contributed by atoms with E-state index in [4.69, 9.17) is 10.8 Å². The van der Waals surface area contributed by atoms with E-state index in [0.29, 0.717) is 25.1 Å². The van der Waals surface area contributed by atoms with Crippen LogP contribution in [0.15, 0.2) is 24.3 Å². The van der Waals surface area contributed by atoms with Gasteiger partial charge in [0.2, 0.25) is 0 Å². The number of carboxylic acid groups (broad SMARTS) is 1. The fourth-order valence-corrected chi connectivity index (χ4v) is 1.62. The van der Waals surface area contributed by atoms with Crippen molar-refractivity contribution in [3.8, 4) is 0 Å². The van der Waals surface area contributed by atoms with Crippen molar-refractivity contribution in [3.05, 3.63) is 35.4 Å². The molecule has 0 fully saturated rings. The summed E-state index contributed by atoms with van der Waals surface area (Å²) in [6, 6.07) is 7.26. The number of nitrogens with one attached hydrogen (secondary N) is 1. The van der Waals surface area contributed by atoms with Gasteiger partial charge < -0.3 is 16.2 Å². The Kier molecular flexibility index (Phi) is 6.02. The maximum absolute atomic E-state index is 11.8. The highest BCUT2D eigenvalue weighted by Crippen LogP contribution is 2.05. The lowest BCUT2D eigenvalue weighted by molar-refractivity contribution is -0.141. The van der Waals surface area contributed by atoms with Crippen molar-refractivity contribution in [3.63, 3.8) is 0 Å². The normalized spacial score (nSPS) is 11.9. The van der Waals surface area contributed by atoms with Crippen LogP contribution in [-0.2, 0) is 11.2 Å². The number of carboxylic acids is 1. The number of carbonyl (C=O) groups excluding carboxylic acids is 1. The minimum atomic E-state index is -0.847. The van der Waals surface area contributed by atoms with E-state index in [1.54, 1.807) is 19.1 Å². The van der Waals surface area contributed by atoms with Gasteiger partial charge in [0.05, 0.1) is 5.92 Å². The molecular formula is C14H20N2O3. The molecule has 1 aromatic carbocycles. The van der Waals surface area contributed by atoms with Gasteiger partial charge in [-0.1, -0.05) is 19.1 Å². The molecule has 0 aliphatic carbocycles. The van der Waals surface area contributed by atoms with Gasteiger partial charge in [0, 0.05) is 12.1 Å². The van der Waals surface area contributed by atoms with E-state index in [0.717, 1.165) is 12.0 Å². The largest absolute Gasteiger partial charge is 0.481 e. The van der Waals surface area contributed by atoms with Crippen LogP contribution in [0, 0.1) is 5.92 Å². The maximum Gasteiger partial charge on any atom is 0.306 e. The topological polar surface area (TPSA) is 92.4 Å². The molecule has 0 radical (unpaired) electrons. The van der Waals surface area contributed by atoms with Gasteiger partial charge in [0.1, 0.15) is 0 Å². The Bertz CT molecular complexity index is 429. The molecule has 5 heteroatoms. The summed E-state index contributed by atoms with van der Waals surface area (Å²) in [7, 11) is 0. The van der Waals surface area contributed by atoms with Crippen molar-refractivity contribution in [1.82, 2.24) is 5.32 Å². The second-order valence-corrected chi connectivity index (χ2v) is 4.52. The van der Waals surface area contributed by atoms with Crippen LogP contribution >= 0.6 is 0 Å². The van der Waals surface area contributed by atoms with Gasteiger partial charge >= 0.3 is 5.97 Å². The van der Waals surface area contributed by atoms with E-state index >= 15 is 0 Å². The predicted octanol–water partition coefficient (Wildman–Crippen LogP) is 1.03. The monoisotopic (exact) mass is 264 g/mol. The van der Waals surface area contributed by atoms with Crippen LogP contribution in [0.5, 0.6) is 0 Å². The van der Waals surface area contributed by atoms with Crippen LogP contribution in [0.1, 0.15) is 29.3 Å². The molecule has 0 heterocycles. The molecule has 1 amide bonds. The highest BCUT2D eigenvalue weighted by atomic mass is 16.4. The van der Waals surface area contributed by atoms with E-state index in [1.807, 2.05) is 12.1 Å². The highest BCUT2D eigenvalue weighted by Gasteiger charge is 2.11. The van der Waals surface area contributed by atoms with Crippen LogP contribution < -0.4 is 11.1 Å². The van der Waals surface area contributed by atoms with Crippen LogP contribution in [0.2, 0.25) is 0 Å². The van der Waals surface area contributed by atoms with Gasteiger partial charge in [-0.2, -0.15) is 0 Å². The highest BCUT2D eigenvalue weighted by molar-refractivity contribution is 5.94. The molecule has 1 aromatic rings. The first-order chi connectivity index (χ1) is 9.04. The zero-order valence-electron chi connectivity index (χ0n) is 11.1. The second kappa shape index (κ2) is 7.53. The van der Waals surface area contributed by atoms with Gasteiger partial charge in [0.25, 0.3) is 5.91 Å². The third-order valence-electron chi connectivity index (χ3n) is 2.93. The molecule has 0 aromatic heterocycles. The van der Waals surface area contributed by atoms with E-state index in [1.165, 1.54) is 0 Å². The number of nitrogens with two attached hydrogens (primary N) is 1. The third kappa shape index (κ3) is 5.09. The molecule has 1 unspecified atom stereocenters. The second-order valence-electron chi connectivity index (χ2n) is 4.52. The summed E-state index contributed by atoms with van der Waals surface area (Å²) in [6.07, 6.45) is 1.21. The van der Waals surface area contributed by atoms with Crippen molar-refractivity contribution in [2.45, 2.75) is 19.8 Å².